The number of anilines is 1. The Kier molecular flexibility index (Phi) is 4.08. The molecule has 0 atom stereocenters. The normalized spacial score (nSPS) is 10.5. The molecule has 3 rings (SSSR count). The van der Waals surface area contributed by atoms with Crippen LogP contribution in [0.5, 0.6) is 5.75 Å². The van der Waals surface area contributed by atoms with Gasteiger partial charge in [0.2, 0.25) is 0 Å². The molecule has 1 heterocycles. The van der Waals surface area contributed by atoms with E-state index in [4.69, 9.17) is 22.1 Å². The number of thiazole rings is 1. The zero-order valence-electron chi connectivity index (χ0n) is 11.1. The molecule has 0 radical (unpaired) electrons. The van der Waals surface area contributed by atoms with Gasteiger partial charge in [0.25, 0.3) is 0 Å². The second-order valence-corrected chi connectivity index (χ2v) is 5.78. The van der Waals surface area contributed by atoms with E-state index in [1.54, 1.807) is 6.07 Å². The van der Waals surface area contributed by atoms with Gasteiger partial charge >= 0.3 is 0 Å². The lowest BCUT2D eigenvalue weighted by atomic mass is 10.1. The SMILES string of the molecule is Nc1nc(-c2ccc(OCc3ccccc3)cc2Cl)cs1. The molecule has 0 bridgehead atoms. The van der Waals surface area contributed by atoms with Crippen molar-refractivity contribution >= 4 is 28.1 Å². The molecular formula is C16H13ClN2OS. The first-order chi connectivity index (χ1) is 10.2. The molecule has 0 aliphatic carbocycles. The van der Waals surface area contributed by atoms with Crippen molar-refractivity contribution in [2.45, 2.75) is 6.61 Å². The quantitative estimate of drug-likeness (QED) is 0.763. The van der Waals surface area contributed by atoms with E-state index in [0.717, 1.165) is 22.6 Å². The summed E-state index contributed by atoms with van der Waals surface area (Å²) < 4.78 is 5.74. The van der Waals surface area contributed by atoms with Gasteiger partial charge < -0.3 is 10.5 Å². The maximum atomic E-state index is 6.30. The molecule has 0 saturated heterocycles. The number of benzene rings is 2. The van der Waals surface area contributed by atoms with Crippen molar-refractivity contribution in [2.75, 3.05) is 5.73 Å². The first-order valence-electron chi connectivity index (χ1n) is 6.40. The van der Waals surface area contributed by atoms with E-state index in [9.17, 15) is 0 Å². The molecule has 1 aromatic heterocycles. The molecular weight excluding hydrogens is 304 g/mol. The zero-order valence-corrected chi connectivity index (χ0v) is 12.7. The fourth-order valence-corrected chi connectivity index (χ4v) is 2.78. The molecule has 0 saturated carbocycles. The van der Waals surface area contributed by atoms with Crippen LogP contribution in [0.25, 0.3) is 11.3 Å². The second kappa shape index (κ2) is 6.16. The Balaban J connectivity index is 1.75. The Morgan fingerprint density at radius 2 is 1.95 bits per heavy atom. The first kappa shape index (κ1) is 13.9. The lowest BCUT2D eigenvalue weighted by molar-refractivity contribution is 0.306. The average molecular weight is 317 g/mol. The van der Waals surface area contributed by atoms with Crippen LogP contribution in [-0.2, 0) is 6.61 Å². The van der Waals surface area contributed by atoms with Crippen LogP contribution in [-0.4, -0.2) is 4.98 Å². The van der Waals surface area contributed by atoms with Gasteiger partial charge in [-0.25, -0.2) is 4.98 Å². The van der Waals surface area contributed by atoms with Gasteiger partial charge in [-0.3, -0.25) is 0 Å². The summed E-state index contributed by atoms with van der Waals surface area (Å²) in [5, 5.41) is 3.03. The number of nitrogens with zero attached hydrogens (tertiary/aromatic N) is 1. The molecule has 2 N–H and O–H groups in total. The maximum absolute atomic E-state index is 6.30. The van der Waals surface area contributed by atoms with Gasteiger partial charge in [-0.2, -0.15) is 0 Å². The Bertz CT molecular complexity index is 743. The molecule has 21 heavy (non-hydrogen) atoms. The van der Waals surface area contributed by atoms with Gasteiger partial charge in [0.15, 0.2) is 5.13 Å². The number of hydrogen-bond donors (Lipinski definition) is 1. The summed E-state index contributed by atoms with van der Waals surface area (Å²) in [6, 6.07) is 15.6. The Hall–Kier alpha value is -2.04. The van der Waals surface area contributed by atoms with Gasteiger partial charge in [0.1, 0.15) is 12.4 Å². The molecule has 0 fully saturated rings. The molecule has 0 spiro atoms. The summed E-state index contributed by atoms with van der Waals surface area (Å²) in [6.45, 7) is 0.514. The molecule has 3 nitrogen and oxygen atoms in total. The van der Waals surface area contributed by atoms with Crippen molar-refractivity contribution in [3.63, 3.8) is 0 Å². The van der Waals surface area contributed by atoms with Gasteiger partial charge in [-0.05, 0) is 23.8 Å². The third-order valence-corrected chi connectivity index (χ3v) is 3.97. The van der Waals surface area contributed by atoms with E-state index >= 15 is 0 Å². The largest absolute Gasteiger partial charge is 0.489 e. The van der Waals surface area contributed by atoms with Crippen LogP contribution in [0.2, 0.25) is 5.02 Å². The van der Waals surface area contributed by atoms with Crippen molar-refractivity contribution in [1.29, 1.82) is 0 Å². The standard InChI is InChI=1S/C16H13ClN2OS/c17-14-8-12(20-9-11-4-2-1-3-5-11)6-7-13(14)15-10-21-16(18)19-15/h1-8,10H,9H2,(H2,18,19). The summed E-state index contributed by atoms with van der Waals surface area (Å²) in [4.78, 5) is 4.24. The fraction of sp³-hybridized carbons (Fsp3) is 0.0625. The highest BCUT2D eigenvalue weighted by Gasteiger charge is 2.08. The van der Waals surface area contributed by atoms with Gasteiger partial charge in [0.05, 0.1) is 10.7 Å². The topological polar surface area (TPSA) is 48.1 Å². The zero-order chi connectivity index (χ0) is 14.7. The summed E-state index contributed by atoms with van der Waals surface area (Å²) in [7, 11) is 0. The van der Waals surface area contributed by atoms with Crippen LogP contribution in [0, 0.1) is 0 Å². The summed E-state index contributed by atoms with van der Waals surface area (Å²) in [6.07, 6.45) is 0. The van der Waals surface area contributed by atoms with E-state index < -0.39 is 0 Å². The van der Waals surface area contributed by atoms with Crippen LogP contribution >= 0.6 is 22.9 Å². The van der Waals surface area contributed by atoms with E-state index in [1.165, 1.54) is 11.3 Å². The first-order valence-corrected chi connectivity index (χ1v) is 7.66. The van der Waals surface area contributed by atoms with Crippen molar-refractivity contribution in [1.82, 2.24) is 4.98 Å². The minimum absolute atomic E-state index is 0.514. The predicted octanol–water partition coefficient (Wildman–Crippen LogP) is 4.62. The Labute approximate surface area is 132 Å². The van der Waals surface area contributed by atoms with E-state index in [0.29, 0.717) is 16.8 Å². The summed E-state index contributed by atoms with van der Waals surface area (Å²) >= 11 is 7.70. The molecule has 0 unspecified atom stereocenters. The Morgan fingerprint density at radius 1 is 1.14 bits per heavy atom. The minimum atomic E-state index is 0.514. The lowest BCUT2D eigenvalue weighted by Gasteiger charge is -2.08. The van der Waals surface area contributed by atoms with Crippen molar-refractivity contribution < 1.29 is 4.74 Å². The van der Waals surface area contributed by atoms with Crippen molar-refractivity contribution in [2.24, 2.45) is 0 Å². The lowest BCUT2D eigenvalue weighted by Crippen LogP contribution is -1.95. The number of nitrogens with two attached hydrogens (primary N) is 1. The summed E-state index contributed by atoms with van der Waals surface area (Å²) in [5.74, 6) is 0.732. The van der Waals surface area contributed by atoms with Crippen molar-refractivity contribution in [3.05, 3.63) is 64.5 Å². The highest BCUT2D eigenvalue weighted by molar-refractivity contribution is 7.13. The number of halogens is 1. The van der Waals surface area contributed by atoms with E-state index in [-0.39, 0.29) is 0 Å². The fourth-order valence-electron chi connectivity index (χ4n) is 1.95. The molecule has 0 aliphatic heterocycles. The average Bonchev–Trinajstić information content (AvgIpc) is 2.92. The predicted molar refractivity (Wildman–Crippen MR) is 87.7 cm³/mol. The van der Waals surface area contributed by atoms with Crippen LogP contribution in [0.15, 0.2) is 53.9 Å². The number of hydrogen-bond acceptors (Lipinski definition) is 4. The monoisotopic (exact) mass is 316 g/mol. The van der Waals surface area contributed by atoms with Gasteiger partial charge in [0, 0.05) is 10.9 Å². The molecule has 5 heteroatoms. The van der Waals surface area contributed by atoms with Gasteiger partial charge in [-0.15, -0.1) is 11.3 Å². The van der Waals surface area contributed by atoms with Crippen LogP contribution in [0.4, 0.5) is 5.13 Å². The van der Waals surface area contributed by atoms with Gasteiger partial charge in [-0.1, -0.05) is 41.9 Å². The number of ether oxygens (including phenoxy) is 1. The molecule has 3 aromatic rings. The maximum Gasteiger partial charge on any atom is 0.180 e. The second-order valence-electron chi connectivity index (χ2n) is 4.49. The summed E-state index contributed by atoms with van der Waals surface area (Å²) in [5.41, 5.74) is 8.41. The number of aromatic nitrogens is 1. The van der Waals surface area contributed by atoms with Crippen molar-refractivity contribution in [3.8, 4) is 17.0 Å². The highest BCUT2D eigenvalue weighted by Crippen LogP contribution is 2.32. The van der Waals surface area contributed by atoms with Crippen LogP contribution < -0.4 is 10.5 Å². The van der Waals surface area contributed by atoms with Crippen LogP contribution in [0.3, 0.4) is 0 Å². The smallest absolute Gasteiger partial charge is 0.180 e. The number of rotatable bonds is 4. The number of nitrogen functional groups attached to an aromatic ring is 1. The molecule has 2 aromatic carbocycles. The molecule has 106 valence electrons. The van der Waals surface area contributed by atoms with Crippen LogP contribution in [0.1, 0.15) is 5.56 Å². The Morgan fingerprint density at radius 3 is 2.62 bits per heavy atom. The van der Waals surface area contributed by atoms with E-state index in [2.05, 4.69) is 4.98 Å². The third kappa shape index (κ3) is 3.35. The highest BCUT2D eigenvalue weighted by atomic mass is 35.5. The minimum Gasteiger partial charge on any atom is -0.489 e. The van der Waals surface area contributed by atoms with E-state index in [1.807, 2.05) is 47.8 Å². The third-order valence-electron chi connectivity index (χ3n) is 2.99. The molecule has 0 amide bonds. The molecule has 0 aliphatic rings.